The molecule has 4 rings (SSSR count). The maximum absolute atomic E-state index is 13.2. The molecular formula is C23H22O9. The Bertz CT molecular complexity index is 1170. The first kappa shape index (κ1) is 21.9. The number of aliphatic hydroxyl groups is 2. The molecule has 32 heavy (non-hydrogen) atoms. The molecule has 9 heteroatoms. The second-order valence-corrected chi connectivity index (χ2v) is 7.87. The number of hydrogen-bond acceptors (Lipinski definition) is 9. The van der Waals surface area contributed by atoms with Crippen molar-refractivity contribution < 1.29 is 44.3 Å². The van der Waals surface area contributed by atoms with E-state index in [2.05, 4.69) is 0 Å². The number of fused-ring (bicyclic) bond motifs is 3. The van der Waals surface area contributed by atoms with Crippen LogP contribution in [0.1, 0.15) is 62.4 Å². The van der Waals surface area contributed by atoms with Gasteiger partial charge in [0.15, 0.2) is 11.6 Å². The number of benzene rings is 2. The van der Waals surface area contributed by atoms with Crippen LogP contribution in [-0.2, 0) is 16.0 Å². The van der Waals surface area contributed by atoms with Crippen molar-refractivity contribution in [3.05, 3.63) is 51.6 Å². The number of ketones is 3. The smallest absolute Gasteiger partial charge is 0.202 e. The van der Waals surface area contributed by atoms with Crippen LogP contribution in [0.5, 0.6) is 17.2 Å². The number of phenols is 2. The molecule has 2 aromatic carbocycles. The van der Waals surface area contributed by atoms with Crippen molar-refractivity contribution in [2.75, 3.05) is 20.3 Å². The zero-order valence-electron chi connectivity index (χ0n) is 17.5. The molecule has 0 aromatic heterocycles. The van der Waals surface area contributed by atoms with Crippen LogP contribution < -0.4 is 4.74 Å². The van der Waals surface area contributed by atoms with Gasteiger partial charge in [-0.15, -0.1) is 0 Å². The Morgan fingerprint density at radius 2 is 1.81 bits per heavy atom. The molecule has 9 nitrogen and oxygen atoms in total. The second kappa shape index (κ2) is 7.70. The van der Waals surface area contributed by atoms with E-state index >= 15 is 0 Å². The number of carbonyl (C=O) groups is 3. The molecule has 0 saturated carbocycles. The highest BCUT2D eigenvalue weighted by Gasteiger charge is 2.48. The van der Waals surface area contributed by atoms with Gasteiger partial charge in [0.1, 0.15) is 29.5 Å². The van der Waals surface area contributed by atoms with E-state index in [-0.39, 0.29) is 34.6 Å². The number of carbonyl (C=O) groups excluding carboxylic acids is 3. The molecule has 2 aromatic rings. The van der Waals surface area contributed by atoms with Crippen molar-refractivity contribution in [2.45, 2.75) is 31.5 Å². The first-order chi connectivity index (χ1) is 15.2. The summed E-state index contributed by atoms with van der Waals surface area (Å²) < 4.78 is 10.2. The fourth-order valence-corrected chi connectivity index (χ4v) is 4.49. The molecule has 2 aliphatic carbocycles. The van der Waals surface area contributed by atoms with E-state index in [1.54, 1.807) is 6.92 Å². The van der Waals surface area contributed by atoms with Gasteiger partial charge < -0.3 is 29.9 Å². The standard InChI is InChI=1S/C23H22O9/c1-3-32-9-14(25)23(30)7-11-15(12(24)8-23)21(28)18-17(20(11)27)19(26)10-5-4-6-13(31-2)16(10)22(18)29/h4-6,12,24,27-28,30H,3,7-9H2,1-2H3/t12-,23-/m0/s1. The van der Waals surface area contributed by atoms with E-state index in [0.717, 1.165) is 0 Å². The highest BCUT2D eigenvalue weighted by atomic mass is 16.5. The van der Waals surface area contributed by atoms with Crippen LogP contribution in [-0.4, -0.2) is 63.7 Å². The van der Waals surface area contributed by atoms with E-state index in [0.29, 0.717) is 0 Å². The Morgan fingerprint density at radius 3 is 2.47 bits per heavy atom. The number of hydrogen-bond donors (Lipinski definition) is 4. The molecular weight excluding hydrogens is 420 g/mol. The third-order valence-electron chi connectivity index (χ3n) is 6.05. The summed E-state index contributed by atoms with van der Waals surface area (Å²) in [6.07, 6.45) is -2.52. The molecule has 0 heterocycles. The summed E-state index contributed by atoms with van der Waals surface area (Å²) in [6, 6.07) is 4.40. The molecule has 0 fully saturated rings. The average molecular weight is 442 g/mol. The van der Waals surface area contributed by atoms with Crippen molar-refractivity contribution in [1.82, 2.24) is 0 Å². The van der Waals surface area contributed by atoms with Crippen molar-refractivity contribution >= 4 is 17.3 Å². The Kier molecular flexibility index (Phi) is 5.28. The summed E-state index contributed by atoms with van der Waals surface area (Å²) in [6.45, 7) is 1.51. The third kappa shape index (κ3) is 3.01. The van der Waals surface area contributed by atoms with Crippen LogP contribution in [0.25, 0.3) is 0 Å². The second-order valence-electron chi connectivity index (χ2n) is 7.87. The zero-order chi connectivity index (χ0) is 23.4. The molecule has 2 atom stereocenters. The largest absolute Gasteiger partial charge is 0.507 e. The Morgan fingerprint density at radius 1 is 1.12 bits per heavy atom. The molecule has 2 aliphatic rings. The van der Waals surface area contributed by atoms with Gasteiger partial charge in [-0.2, -0.15) is 0 Å². The van der Waals surface area contributed by atoms with Crippen LogP contribution >= 0.6 is 0 Å². The summed E-state index contributed by atoms with van der Waals surface area (Å²) in [7, 11) is 1.33. The molecule has 0 aliphatic heterocycles. The minimum absolute atomic E-state index is 0.0180. The molecule has 0 amide bonds. The number of phenolic OH excluding ortho intramolecular Hbond substituents is 2. The monoisotopic (exact) mass is 442 g/mol. The predicted octanol–water partition coefficient (Wildman–Crippen LogP) is 1.20. The average Bonchev–Trinajstić information content (AvgIpc) is 2.77. The van der Waals surface area contributed by atoms with Crippen molar-refractivity contribution in [2.24, 2.45) is 0 Å². The van der Waals surface area contributed by atoms with Gasteiger partial charge in [-0.1, -0.05) is 12.1 Å². The van der Waals surface area contributed by atoms with E-state index in [1.165, 1.54) is 25.3 Å². The molecule has 4 N–H and O–H groups in total. The van der Waals surface area contributed by atoms with Crippen LogP contribution in [0, 0.1) is 0 Å². The zero-order valence-corrected chi connectivity index (χ0v) is 17.5. The van der Waals surface area contributed by atoms with Crippen LogP contribution in [0.15, 0.2) is 18.2 Å². The maximum Gasteiger partial charge on any atom is 0.202 e. The first-order valence-corrected chi connectivity index (χ1v) is 10.0. The van der Waals surface area contributed by atoms with Gasteiger partial charge in [0.05, 0.1) is 29.9 Å². The van der Waals surface area contributed by atoms with Gasteiger partial charge >= 0.3 is 0 Å². The molecule has 0 bridgehead atoms. The normalized spacial score (nSPS) is 21.6. The molecule has 0 spiro atoms. The van der Waals surface area contributed by atoms with Crippen LogP contribution in [0.4, 0.5) is 0 Å². The molecule has 0 saturated heterocycles. The van der Waals surface area contributed by atoms with E-state index in [1.807, 2.05) is 0 Å². The van der Waals surface area contributed by atoms with E-state index < -0.39 is 71.1 Å². The van der Waals surface area contributed by atoms with Gasteiger partial charge in [0, 0.05) is 36.1 Å². The first-order valence-electron chi connectivity index (χ1n) is 10.0. The third-order valence-corrected chi connectivity index (χ3v) is 6.05. The highest BCUT2D eigenvalue weighted by molar-refractivity contribution is 6.31. The van der Waals surface area contributed by atoms with E-state index in [4.69, 9.17) is 9.47 Å². The number of aliphatic hydroxyl groups excluding tert-OH is 1. The van der Waals surface area contributed by atoms with Gasteiger partial charge in [-0.05, 0) is 13.0 Å². The molecule has 0 unspecified atom stereocenters. The lowest BCUT2D eigenvalue weighted by molar-refractivity contribution is -0.146. The lowest BCUT2D eigenvalue weighted by Gasteiger charge is -2.37. The lowest BCUT2D eigenvalue weighted by atomic mass is 9.72. The van der Waals surface area contributed by atoms with E-state index in [9.17, 15) is 34.8 Å². The van der Waals surface area contributed by atoms with Gasteiger partial charge in [0.2, 0.25) is 5.78 Å². The van der Waals surface area contributed by atoms with Crippen molar-refractivity contribution in [3.8, 4) is 17.2 Å². The summed E-state index contributed by atoms with van der Waals surface area (Å²) >= 11 is 0. The van der Waals surface area contributed by atoms with Crippen molar-refractivity contribution in [3.63, 3.8) is 0 Å². The maximum atomic E-state index is 13.2. The van der Waals surface area contributed by atoms with Crippen molar-refractivity contribution in [1.29, 1.82) is 0 Å². The number of rotatable bonds is 5. The minimum atomic E-state index is -2.08. The fraction of sp³-hybridized carbons (Fsp3) is 0.348. The highest BCUT2D eigenvalue weighted by Crippen LogP contribution is 2.50. The van der Waals surface area contributed by atoms with Gasteiger partial charge in [0.25, 0.3) is 0 Å². The topological polar surface area (TPSA) is 151 Å². The molecule has 0 radical (unpaired) electrons. The SMILES string of the molecule is CCOCC(=O)[C@]1(O)Cc2c(O)c3c(c(O)c2[C@@H](O)C1)C(=O)c1c(OC)cccc1C3=O. The minimum Gasteiger partial charge on any atom is -0.507 e. The quantitative estimate of drug-likeness (QED) is 0.427. The summed E-state index contributed by atoms with van der Waals surface area (Å²) in [5.74, 6) is -3.40. The summed E-state index contributed by atoms with van der Waals surface area (Å²) in [5.41, 5.74) is -3.42. The number of Topliss-reactive ketones (excluding diaryl/α,β-unsaturated/α-hetero) is 1. The van der Waals surface area contributed by atoms with Gasteiger partial charge in [-0.3, -0.25) is 14.4 Å². The Hall–Kier alpha value is -3.27. The Labute approximate surface area is 182 Å². The summed E-state index contributed by atoms with van der Waals surface area (Å²) in [4.78, 5) is 39.0. The summed E-state index contributed by atoms with van der Waals surface area (Å²) in [5, 5.41) is 43.5. The van der Waals surface area contributed by atoms with Crippen LogP contribution in [0.2, 0.25) is 0 Å². The lowest BCUT2D eigenvalue weighted by Crippen LogP contribution is -2.47. The predicted molar refractivity (Wildman–Crippen MR) is 109 cm³/mol. The molecule has 168 valence electrons. The fourth-order valence-electron chi connectivity index (χ4n) is 4.49. The van der Waals surface area contributed by atoms with Crippen LogP contribution in [0.3, 0.4) is 0 Å². The van der Waals surface area contributed by atoms with Gasteiger partial charge in [-0.25, -0.2) is 0 Å². The Balaban J connectivity index is 1.92. The number of methoxy groups -OCH3 is 1. The number of aromatic hydroxyl groups is 2. The number of ether oxygens (including phenoxy) is 2.